The highest BCUT2D eigenvalue weighted by Gasteiger charge is 2.31. The molecule has 3 heterocycles. The van der Waals surface area contributed by atoms with E-state index in [9.17, 15) is 4.79 Å². The molecule has 0 bridgehead atoms. The largest absolute Gasteiger partial charge is 0.368 e. The zero-order valence-electron chi connectivity index (χ0n) is 16.5. The number of carbonyl (C=O) groups is 1. The molecule has 0 saturated carbocycles. The molecule has 0 radical (unpaired) electrons. The molecule has 1 saturated heterocycles. The molecule has 1 aromatic carbocycles. The fourth-order valence-electron chi connectivity index (χ4n) is 4.43. The maximum Gasteiger partial charge on any atom is 0.225 e. The van der Waals surface area contributed by atoms with Gasteiger partial charge in [-0.2, -0.15) is 0 Å². The van der Waals surface area contributed by atoms with Gasteiger partial charge in [0.25, 0.3) is 0 Å². The van der Waals surface area contributed by atoms with Crippen LogP contribution >= 0.6 is 11.3 Å². The lowest BCUT2D eigenvalue weighted by molar-refractivity contribution is 0.0962. The number of fused-ring (bicyclic) bond motifs is 1. The Morgan fingerprint density at radius 1 is 0.931 bits per heavy atom. The van der Waals surface area contributed by atoms with Crippen molar-refractivity contribution in [1.29, 1.82) is 0 Å². The van der Waals surface area contributed by atoms with Gasteiger partial charge in [-0.25, -0.2) is 9.97 Å². The number of aryl methyl sites for hydroxylation is 1. The van der Waals surface area contributed by atoms with Crippen molar-refractivity contribution >= 4 is 28.8 Å². The molecular formula is C23H24N4OS. The second-order valence-electron chi connectivity index (χ2n) is 7.78. The highest BCUT2D eigenvalue weighted by molar-refractivity contribution is 7.10. The predicted molar refractivity (Wildman–Crippen MR) is 117 cm³/mol. The molecule has 1 aliphatic carbocycles. The van der Waals surface area contributed by atoms with Crippen LogP contribution in [-0.4, -0.2) is 41.9 Å². The highest BCUT2D eigenvalue weighted by atomic mass is 32.1. The topological polar surface area (TPSA) is 49.3 Å². The number of benzene rings is 1. The lowest BCUT2D eigenvalue weighted by atomic mass is 9.84. The summed E-state index contributed by atoms with van der Waals surface area (Å²) in [4.78, 5) is 28.3. The number of piperazine rings is 1. The molecule has 0 spiro atoms. The van der Waals surface area contributed by atoms with Gasteiger partial charge in [-0.3, -0.25) is 4.79 Å². The van der Waals surface area contributed by atoms with Crippen LogP contribution in [0, 0.1) is 6.92 Å². The summed E-state index contributed by atoms with van der Waals surface area (Å²) >= 11 is 1.73. The first-order valence-electron chi connectivity index (χ1n) is 10.2. The van der Waals surface area contributed by atoms with Crippen LogP contribution in [0.4, 0.5) is 11.6 Å². The van der Waals surface area contributed by atoms with Crippen molar-refractivity contribution in [2.75, 3.05) is 36.0 Å². The van der Waals surface area contributed by atoms with Crippen molar-refractivity contribution in [1.82, 2.24) is 9.97 Å². The zero-order valence-corrected chi connectivity index (χ0v) is 17.4. The molecule has 0 amide bonds. The Kier molecular flexibility index (Phi) is 4.79. The molecule has 29 heavy (non-hydrogen) atoms. The van der Waals surface area contributed by atoms with E-state index in [2.05, 4.69) is 51.6 Å². The van der Waals surface area contributed by atoms with Crippen molar-refractivity contribution in [3.63, 3.8) is 0 Å². The smallest absolute Gasteiger partial charge is 0.225 e. The van der Waals surface area contributed by atoms with Gasteiger partial charge in [-0.1, -0.05) is 24.3 Å². The molecule has 148 valence electrons. The Bertz CT molecular complexity index is 1010. The van der Waals surface area contributed by atoms with Crippen molar-refractivity contribution in [3.05, 3.63) is 69.7 Å². The number of hydrogen-bond donors (Lipinski definition) is 0. The summed E-state index contributed by atoms with van der Waals surface area (Å²) in [5.41, 5.74) is 3.77. The minimum absolute atomic E-state index is 0.183. The molecule has 1 atom stereocenters. The SMILES string of the molecule is Cc1nc(N2CCN(c3ccccc3)CC2)nc2c1C(=O)C[C@H](c1cccs1)C2. The summed E-state index contributed by atoms with van der Waals surface area (Å²) in [6.45, 7) is 5.61. The van der Waals surface area contributed by atoms with Crippen molar-refractivity contribution in [2.24, 2.45) is 0 Å². The number of nitrogens with zero attached hydrogens (tertiary/aromatic N) is 4. The Labute approximate surface area is 175 Å². The van der Waals surface area contributed by atoms with Gasteiger partial charge in [-0.15, -0.1) is 11.3 Å². The minimum atomic E-state index is 0.183. The monoisotopic (exact) mass is 404 g/mol. The number of anilines is 2. The summed E-state index contributed by atoms with van der Waals surface area (Å²) in [5, 5.41) is 2.08. The van der Waals surface area contributed by atoms with Crippen molar-refractivity contribution in [2.45, 2.75) is 25.7 Å². The van der Waals surface area contributed by atoms with E-state index in [4.69, 9.17) is 9.97 Å². The Hall–Kier alpha value is -2.73. The number of rotatable bonds is 3. The van der Waals surface area contributed by atoms with Gasteiger partial charge in [0, 0.05) is 49.1 Å². The van der Waals surface area contributed by atoms with Crippen molar-refractivity contribution < 1.29 is 4.79 Å². The lowest BCUT2D eigenvalue weighted by Gasteiger charge is -2.36. The second kappa shape index (κ2) is 7.59. The molecule has 2 aromatic heterocycles. The van der Waals surface area contributed by atoms with Crippen LogP contribution < -0.4 is 9.80 Å². The highest BCUT2D eigenvalue weighted by Crippen LogP contribution is 2.35. The lowest BCUT2D eigenvalue weighted by Crippen LogP contribution is -2.47. The average Bonchev–Trinajstić information content (AvgIpc) is 3.29. The third-order valence-corrected chi connectivity index (χ3v) is 6.97. The minimum Gasteiger partial charge on any atom is -0.368 e. The van der Waals surface area contributed by atoms with Crippen molar-refractivity contribution in [3.8, 4) is 0 Å². The third-order valence-electron chi connectivity index (χ3n) is 5.93. The summed E-state index contributed by atoms with van der Waals surface area (Å²) in [5.74, 6) is 1.20. The maximum atomic E-state index is 12.8. The molecule has 1 aliphatic heterocycles. The fraction of sp³-hybridized carbons (Fsp3) is 0.348. The Morgan fingerprint density at radius 3 is 2.41 bits per heavy atom. The molecule has 6 heteroatoms. The van der Waals surface area contributed by atoms with Crippen LogP contribution in [0.5, 0.6) is 0 Å². The predicted octanol–water partition coefficient (Wildman–Crippen LogP) is 4.09. The molecule has 0 N–H and O–H groups in total. The molecule has 5 nitrogen and oxygen atoms in total. The number of Topliss-reactive ketones (excluding diaryl/α,β-unsaturated/α-hetero) is 1. The molecule has 2 aliphatic rings. The number of carbonyl (C=O) groups excluding carboxylic acids is 1. The first-order chi connectivity index (χ1) is 14.2. The maximum absolute atomic E-state index is 12.8. The van der Waals surface area contributed by atoms with E-state index in [-0.39, 0.29) is 11.7 Å². The van der Waals surface area contributed by atoms with E-state index in [0.717, 1.165) is 55.5 Å². The molecule has 1 fully saturated rings. The van der Waals surface area contributed by atoms with Gasteiger partial charge in [0.2, 0.25) is 5.95 Å². The van der Waals surface area contributed by atoms with E-state index in [1.54, 1.807) is 11.3 Å². The molecular weight excluding hydrogens is 380 g/mol. The summed E-state index contributed by atoms with van der Waals surface area (Å²) in [7, 11) is 0. The quantitative estimate of drug-likeness (QED) is 0.658. The molecule has 0 unspecified atom stereocenters. The van der Waals surface area contributed by atoms with Crippen LogP contribution in [0.15, 0.2) is 47.8 Å². The van der Waals surface area contributed by atoms with E-state index in [1.165, 1.54) is 10.6 Å². The van der Waals surface area contributed by atoms with Gasteiger partial charge in [0.1, 0.15) is 0 Å². The van der Waals surface area contributed by atoms with Gasteiger partial charge < -0.3 is 9.80 Å². The Morgan fingerprint density at radius 2 is 1.69 bits per heavy atom. The fourth-order valence-corrected chi connectivity index (χ4v) is 5.26. The van der Waals surface area contributed by atoms with Gasteiger partial charge in [-0.05, 0) is 36.9 Å². The van der Waals surface area contributed by atoms with E-state index < -0.39 is 0 Å². The van der Waals surface area contributed by atoms with E-state index in [1.807, 2.05) is 13.0 Å². The summed E-state index contributed by atoms with van der Waals surface area (Å²) in [6.07, 6.45) is 1.38. The molecule has 5 rings (SSSR count). The number of ketones is 1. The van der Waals surface area contributed by atoms with Crippen LogP contribution in [0.3, 0.4) is 0 Å². The normalized spacial score (nSPS) is 19.3. The third kappa shape index (κ3) is 3.53. The van der Waals surface area contributed by atoms with Gasteiger partial charge in [0.05, 0.1) is 17.0 Å². The number of aromatic nitrogens is 2. The van der Waals surface area contributed by atoms with E-state index in [0.29, 0.717) is 6.42 Å². The standard InChI is InChI=1S/C23H24N4OS/c1-16-22-19(14-17(15-20(22)28)21-8-5-13-29-21)25-23(24-16)27-11-9-26(10-12-27)18-6-3-2-4-7-18/h2-8,13,17H,9-12,14-15H2,1H3/t17-/m1/s1. The van der Waals surface area contributed by atoms with Crippen LogP contribution in [0.25, 0.3) is 0 Å². The number of thiophene rings is 1. The van der Waals surface area contributed by atoms with Crippen LogP contribution in [-0.2, 0) is 6.42 Å². The second-order valence-corrected chi connectivity index (χ2v) is 8.76. The van der Waals surface area contributed by atoms with Crippen LogP contribution in [0.2, 0.25) is 0 Å². The number of hydrogen-bond acceptors (Lipinski definition) is 6. The first-order valence-corrected chi connectivity index (χ1v) is 11.1. The van der Waals surface area contributed by atoms with E-state index >= 15 is 0 Å². The zero-order chi connectivity index (χ0) is 19.8. The summed E-state index contributed by atoms with van der Waals surface area (Å²) in [6, 6.07) is 14.7. The summed E-state index contributed by atoms with van der Waals surface area (Å²) < 4.78 is 0. The first kappa shape index (κ1) is 18.3. The average molecular weight is 405 g/mol. The number of para-hydroxylation sites is 1. The van der Waals surface area contributed by atoms with Gasteiger partial charge in [0.15, 0.2) is 5.78 Å². The molecule has 3 aromatic rings. The Balaban J connectivity index is 1.37. The van der Waals surface area contributed by atoms with Gasteiger partial charge >= 0.3 is 0 Å². The van der Waals surface area contributed by atoms with Crippen LogP contribution in [0.1, 0.15) is 39.0 Å².